The summed E-state index contributed by atoms with van der Waals surface area (Å²) < 4.78 is 42.8. The van der Waals surface area contributed by atoms with E-state index >= 15 is 0 Å². The molecule has 1 aliphatic heterocycles. The molecule has 1 saturated heterocycles. The third kappa shape index (κ3) is 3.37. The molecule has 0 saturated carbocycles. The van der Waals surface area contributed by atoms with Gasteiger partial charge in [-0.05, 0) is 31.0 Å². The molecule has 0 bridgehead atoms. The van der Waals surface area contributed by atoms with Gasteiger partial charge in [-0.3, -0.25) is 4.68 Å². The fraction of sp³-hybridized carbons (Fsp3) is 0.400. The molecule has 0 spiro atoms. The van der Waals surface area contributed by atoms with Gasteiger partial charge in [0.15, 0.2) is 5.03 Å². The van der Waals surface area contributed by atoms with E-state index in [1.807, 2.05) is 4.90 Å². The zero-order valence-electron chi connectivity index (χ0n) is 12.8. The zero-order valence-corrected chi connectivity index (χ0v) is 13.6. The molecular weight excluding hydrogens is 319 g/mol. The second kappa shape index (κ2) is 6.29. The highest BCUT2D eigenvalue weighted by Crippen LogP contribution is 2.23. The Hall–Kier alpha value is -1.93. The Kier molecular flexibility index (Phi) is 4.36. The maximum absolute atomic E-state index is 13.9. The van der Waals surface area contributed by atoms with Crippen LogP contribution in [0.15, 0.2) is 41.6 Å². The van der Waals surface area contributed by atoms with E-state index in [0.717, 1.165) is 12.8 Å². The van der Waals surface area contributed by atoms with E-state index in [1.165, 1.54) is 23.0 Å². The summed E-state index contributed by atoms with van der Waals surface area (Å²) in [6, 6.07) is 7.75. The van der Waals surface area contributed by atoms with E-state index in [9.17, 15) is 12.8 Å². The highest BCUT2D eigenvalue weighted by molar-refractivity contribution is 7.89. The van der Waals surface area contributed by atoms with Crippen molar-refractivity contribution >= 4 is 15.7 Å². The molecule has 8 heteroatoms. The lowest BCUT2D eigenvalue weighted by atomic mass is 10.1. The molecule has 2 heterocycles. The van der Waals surface area contributed by atoms with Gasteiger partial charge in [-0.2, -0.15) is 5.10 Å². The van der Waals surface area contributed by atoms with Gasteiger partial charge in [0.05, 0.1) is 11.9 Å². The molecule has 23 heavy (non-hydrogen) atoms. The van der Waals surface area contributed by atoms with E-state index in [0.29, 0.717) is 18.8 Å². The Balaban J connectivity index is 1.75. The topological polar surface area (TPSA) is 67.2 Å². The number of rotatable bonds is 4. The fourth-order valence-electron chi connectivity index (χ4n) is 2.91. The molecule has 0 amide bonds. The van der Waals surface area contributed by atoms with Crippen LogP contribution in [0.2, 0.25) is 0 Å². The van der Waals surface area contributed by atoms with Gasteiger partial charge >= 0.3 is 0 Å². The Bertz CT molecular complexity index is 790. The van der Waals surface area contributed by atoms with Crippen molar-refractivity contribution in [3.05, 3.63) is 42.3 Å². The maximum atomic E-state index is 13.9. The monoisotopic (exact) mass is 338 g/mol. The number of halogens is 1. The first kappa shape index (κ1) is 15.9. The predicted octanol–water partition coefficient (Wildman–Crippen LogP) is 1.51. The minimum absolute atomic E-state index is 0.125. The summed E-state index contributed by atoms with van der Waals surface area (Å²) in [6.45, 7) is 1.16. The molecule has 0 aliphatic carbocycles. The van der Waals surface area contributed by atoms with Crippen LogP contribution < -0.4 is 9.62 Å². The van der Waals surface area contributed by atoms with Crippen molar-refractivity contribution in [2.24, 2.45) is 7.05 Å². The quantitative estimate of drug-likeness (QED) is 0.918. The van der Waals surface area contributed by atoms with Crippen LogP contribution >= 0.6 is 0 Å². The van der Waals surface area contributed by atoms with Crippen LogP contribution in [0.4, 0.5) is 10.1 Å². The number of piperidine rings is 1. The predicted molar refractivity (Wildman–Crippen MR) is 85.2 cm³/mol. The van der Waals surface area contributed by atoms with Gasteiger partial charge in [-0.15, -0.1) is 0 Å². The first-order valence-electron chi connectivity index (χ1n) is 7.47. The van der Waals surface area contributed by atoms with Crippen molar-refractivity contribution < 1.29 is 12.8 Å². The normalized spacial score (nSPS) is 19.0. The summed E-state index contributed by atoms with van der Waals surface area (Å²) in [6.07, 6.45) is 2.97. The van der Waals surface area contributed by atoms with Gasteiger partial charge in [-0.25, -0.2) is 17.5 Å². The molecule has 1 aromatic heterocycles. The van der Waals surface area contributed by atoms with Crippen molar-refractivity contribution in [3.63, 3.8) is 0 Å². The Morgan fingerprint density at radius 2 is 2.09 bits per heavy atom. The van der Waals surface area contributed by atoms with Crippen LogP contribution in [0, 0.1) is 5.82 Å². The molecule has 1 fully saturated rings. The average Bonchev–Trinajstić information content (AvgIpc) is 2.95. The van der Waals surface area contributed by atoms with Gasteiger partial charge in [0.2, 0.25) is 0 Å². The molecule has 1 unspecified atom stereocenters. The number of hydrogen-bond acceptors (Lipinski definition) is 4. The van der Waals surface area contributed by atoms with Gasteiger partial charge in [0.1, 0.15) is 5.82 Å². The lowest BCUT2D eigenvalue weighted by Crippen LogP contribution is -2.48. The first-order valence-corrected chi connectivity index (χ1v) is 8.95. The molecule has 2 aromatic rings. The zero-order chi connectivity index (χ0) is 16.4. The van der Waals surface area contributed by atoms with Gasteiger partial charge in [0, 0.05) is 26.2 Å². The number of aromatic nitrogens is 2. The van der Waals surface area contributed by atoms with E-state index < -0.39 is 10.0 Å². The van der Waals surface area contributed by atoms with Crippen LogP contribution in [0.1, 0.15) is 12.8 Å². The standard InChI is InChI=1S/C15H19FN4O2S/c1-19-15(8-9-17-19)23(21,22)18-12-5-4-10-20(11-12)14-7-3-2-6-13(14)16/h2-3,6-9,12,18H,4-5,10-11H2,1H3. The summed E-state index contributed by atoms with van der Waals surface area (Å²) in [7, 11) is -2.05. The average molecular weight is 338 g/mol. The number of para-hydroxylation sites is 1. The third-order valence-corrected chi connectivity index (χ3v) is 5.58. The minimum atomic E-state index is -3.63. The third-order valence-electron chi connectivity index (χ3n) is 3.99. The second-order valence-electron chi connectivity index (χ2n) is 5.65. The summed E-state index contributed by atoms with van der Waals surface area (Å²) in [5.74, 6) is -0.289. The molecule has 1 aliphatic rings. The summed E-state index contributed by atoms with van der Waals surface area (Å²) in [4.78, 5) is 1.88. The van der Waals surface area contributed by atoms with E-state index in [-0.39, 0.29) is 16.9 Å². The lowest BCUT2D eigenvalue weighted by Gasteiger charge is -2.34. The van der Waals surface area contributed by atoms with Crippen molar-refractivity contribution in [3.8, 4) is 0 Å². The molecule has 0 radical (unpaired) electrons. The van der Waals surface area contributed by atoms with Crippen molar-refractivity contribution in [1.82, 2.24) is 14.5 Å². The van der Waals surface area contributed by atoms with Crippen molar-refractivity contribution in [1.29, 1.82) is 0 Å². The molecule has 1 aromatic carbocycles. The Morgan fingerprint density at radius 3 is 2.78 bits per heavy atom. The molecular formula is C15H19FN4O2S. The van der Waals surface area contributed by atoms with Crippen LogP contribution in [0.25, 0.3) is 0 Å². The number of nitrogens with one attached hydrogen (secondary N) is 1. The summed E-state index contributed by atoms with van der Waals surface area (Å²) in [5.41, 5.74) is 0.511. The van der Waals surface area contributed by atoms with E-state index in [1.54, 1.807) is 25.2 Å². The highest BCUT2D eigenvalue weighted by Gasteiger charge is 2.27. The van der Waals surface area contributed by atoms with Crippen LogP contribution in [0.5, 0.6) is 0 Å². The first-order chi connectivity index (χ1) is 11.0. The van der Waals surface area contributed by atoms with Crippen molar-refractivity contribution in [2.45, 2.75) is 23.9 Å². The smallest absolute Gasteiger partial charge is 0.258 e. The lowest BCUT2D eigenvalue weighted by molar-refractivity contribution is 0.458. The molecule has 3 rings (SSSR count). The number of nitrogens with zero attached hydrogens (tertiary/aromatic N) is 3. The maximum Gasteiger partial charge on any atom is 0.258 e. The number of hydrogen-bond donors (Lipinski definition) is 1. The van der Waals surface area contributed by atoms with Gasteiger partial charge < -0.3 is 4.90 Å². The Labute approximate surface area is 135 Å². The SMILES string of the molecule is Cn1nccc1S(=O)(=O)NC1CCCN(c2ccccc2F)C1. The minimum Gasteiger partial charge on any atom is -0.368 e. The molecule has 6 nitrogen and oxygen atoms in total. The van der Waals surface area contributed by atoms with E-state index in [2.05, 4.69) is 9.82 Å². The van der Waals surface area contributed by atoms with Crippen molar-refractivity contribution in [2.75, 3.05) is 18.0 Å². The Morgan fingerprint density at radius 1 is 1.30 bits per heavy atom. The fourth-order valence-corrected chi connectivity index (χ4v) is 4.29. The second-order valence-corrected chi connectivity index (χ2v) is 7.31. The van der Waals surface area contributed by atoms with E-state index in [4.69, 9.17) is 0 Å². The molecule has 1 atom stereocenters. The van der Waals surface area contributed by atoms with Crippen LogP contribution in [-0.2, 0) is 17.1 Å². The number of anilines is 1. The van der Waals surface area contributed by atoms with Crippen LogP contribution in [-0.4, -0.2) is 37.3 Å². The number of sulfonamides is 1. The largest absolute Gasteiger partial charge is 0.368 e. The number of aryl methyl sites for hydroxylation is 1. The molecule has 124 valence electrons. The van der Waals surface area contributed by atoms with Gasteiger partial charge in [-0.1, -0.05) is 12.1 Å². The molecule has 1 N–H and O–H groups in total. The highest BCUT2D eigenvalue weighted by atomic mass is 32.2. The van der Waals surface area contributed by atoms with Gasteiger partial charge in [0.25, 0.3) is 10.0 Å². The van der Waals surface area contributed by atoms with Crippen LogP contribution in [0.3, 0.4) is 0 Å². The number of benzene rings is 1. The summed E-state index contributed by atoms with van der Waals surface area (Å²) in [5, 5.41) is 4.01. The summed E-state index contributed by atoms with van der Waals surface area (Å²) >= 11 is 0.